The number of pyridine rings is 2. The quantitative estimate of drug-likeness (QED) is 0.173. The summed E-state index contributed by atoms with van der Waals surface area (Å²) in [6, 6.07) is 7.59. The minimum Gasteiger partial charge on any atom is -0.475 e. The summed E-state index contributed by atoms with van der Waals surface area (Å²) in [5, 5.41) is 2.68. The molecule has 0 bridgehead atoms. The molecule has 1 aromatic carbocycles. The number of carbonyl (C=O) groups is 3. The average Bonchev–Trinajstić information content (AvgIpc) is 3.89. The zero-order chi connectivity index (χ0) is 40.7. The van der Waals surface area contributed by atoms with E-state index in [1.807, 2.05) is 6.92 Å². The predicted molar refractivity (Wildman–Crippen MR) is 198 cm³/mol. The van der Waals surface area contributed by atoms with Crippen LogP contribution in [0.15, 0.2) is 47.4 Å². The molecular formula is C40H47F4N5O7. The van der Waals surface area contributed by atoms with Crippen molar-refractivity contribution in [1.29, 1.82) is 0 Å². The van der Waals surface area contributed by atoms with E-state index in [1.54, 1.807) is 45.7 Å². The van der Waals surface area contributed by atoms with Gasteiger partial charge in [-0.25, -0.2) is 13.6 Å². The number of amides is 3. The lowest BCUT2D eigenvalue weighted by atomic mass is 9.80. The number of hydrogen-bond acceptors (Lipinski definition) is 8. The molecule has 12 nitrogen and oxygen atoms in total. The number of likely N-dealkylation sites (tertiary alicyclic amines) is 1. The monoisotopic (exact) mass is 785 g/mol. The number of rotatable bonds is 13. The average molecular weight is 786 g/mol. The molecule has 3 aliphatic rings. The number of benzene rings is 1. The van der Waals surface area contributed by atoms with E-state index in [0.717, 1.165) is 43.1 Å². The molecule has 2 aromatic heterocycles. The Hall–Kier alpha value is -5.15. The number of halogens is 4. The van der Waals surface area contributed by atoms with Crippen LogP contribution in [-0.2, 0) is 11.3 Å². The zero-order valence-corrected chi connectivity index (χ0v) is 32.2. The molecular weight excluding hydrogens is 738 g/mol. The van der Waals surface area contributed by atoms with Crippen LogP contribution in [0.3, 0.4) is 0 Å². The van der Waals surface area contributed by atoms with E-state index < -0.39 is 60.8 Å². The molecule has 1 aliphatic heterocycles. The second-order valence-electron chi connectivity index (χ2n) is 16.0. The van der Waals surface area contributed by atoms with Crippen LogP contribution in [0.2, 0.25) is 0 Å². The van der Waals surface area contributed by atoms with Crippen LogP contribution in [0.1, 0.15) is 106 Å². The second-order valence-corrected chi connectivity index (χ2v) is 16.0. The number of ether oxygens (including phenoxy) is 3. The van der Waals surface area contributed by atoms with Crippen molar-refractivity contribution >= 4 is 23.7 Å². The lowest BCUT2D eigenvalue weighted by Gasteiger charge is -2.39. The van der Waals surface area contributed by atoms with Gasteiger partial charge in [0.1, 0.15) is 22.7 Å². The summed E-state index contributed by atoms with van der Waals surface area (Å²) >= 11 is 0. The van der Waals surface area contributed by atoms with Gasteiger partial charge in [-0.3, -0.25) is 14.4 Å². The van der Waals surface area contributed by atoms with Crippen LogP contribution in [0.4, 0.5) is 28.2 Å². The smallest absolute Gasteiger partial charge is 0.410 e. The number of alkyl halides is 4. The van der Waals surface area contributed by atoms with Crippen molar-refractivity contribution < 1.29 is 46.2 Å². The van der Waals surface area contributed by atoms with Gasteiger partial charge in [-0.15, -0.1) is 0 Å². The number of anilines is 1. The van der Waals surface area contributed by atoms with Gasteiger partial charge in [0.15, 0.2) is 0 Å². The highest BCUT2D eigenvalue weighted by Crippen LogP contribution is 2.37. The normalized spacial score (nSPS) is 17.2. The molecule has 3 amide bonds. The van der Waals surface area contributed by atoms with Crippen molar-refractivity contribution in [2.24, 2.45) is 5.92 Å². The molecule has 3 fully saturated rings. The van der Waals surface area contributed by atoms with Crippen molar-refractivity contribution in [3.63, 3.8) is 0 Å². The highest BCUT2D eigenvalue weighted by molar-refractivity contribution is 6.05. The summed E-state index contributed by atoms with van der Waals surface area (Å²) < 4.78 is 71.5. The van der Waals surface area contributed by atoms with E-state index in [4.69, 9.17) is 9.47 Å². The fraction of sp³-hybridized carbons (Fsp3) is 0.525. The molecule has 0 spiro atoms. The Morgan fingerprint density at radius 3 is 2.25 bits per heavy atom. The van der Waals surface area contributed by atoms with E-state index in [9.17, 15) is 36.7 Å². The van der Waals surface area contributed by atoms with Gasteiger partial charge in [0.25, 0.3) is 23.3 Å². The van der Waals surface area contributed by atoms with Crippen LogP contribution < -0.4 is 20.3 Å². The molecule has 302 valence electrons. The molecule has 3 heterocycles. The number of aromatic nitrogens is 2. The molecule has 16 heteroatoms. The Balaban J connectivity index is 1.36. The van der Waals surface area contributed by atoms with E-state index in [2.05, 4.69) is 15.0 Å². The van der Waals surface area contributed by atoms with Gasteiger partial charge >= 0.3 is 12.7 Å². The van der Waals surface area contributed by atoms with Crippen molar-refractivity contribution in [2.45, 2.75) is 117 Å². The maximum atomic E-state index is 14.1. The van der Waals surface area contributed by atoms with Gasteiger partial charge in [0.05, 0.1) is 31.3 Å². The van der Waals surface area contributed by atoms with Crippen LogP contribution >= 0.6 is 0 Å². The van der Waals surface area contributed by atoms with Crippen LogP contribution in [0.25, 0.3) is 11.1 Å². The summed E-state index contributed by atoms with van der Waals surface area (Å²) in [6.07, 6.45) is 5.29. The van der Waals surface area contributed by atoms with Gasteiger partial charge in [-0.2, -0.15) is 13.8 Å². The van der Waals surface area contributed by atoms with Crippen molar-refractivity contribution in [3.05, 3.63) is 69.6 Å². The summed E-state index contributed by atoms with van der Waals surface area (Å²) in [6.45, 7) is 5.99. The van der Waals surface area contributed by atoms with Gasteiger partial charge < -0.3 is 33.9 Å². The zero-order valence-electron chi connectivity index (χ0n) is 32.2. The van der Waals surface area contributed by atoms with E-state index in [1.165, 1.54) is 34.9 Å². The van der Waals surface area contributed by atoms with E-state index in [0.29, 0.717) is 5.56 Å². The van der Waals surface area contributed by atoms with E-state index in [-0.39, 0.29) is 64.2 Å². The first-order valence-electron chi connectivity index (χ1n) is 18.8. The largest absolute Gasteiger partial charge is 0.475 e. The van der Waals surface area contributed by atoms with E-state index >= 15 is 0 Å². The molecule has 0 radical (unpaired) electrons. The highest BCUT2D eigenvalue weighted by Gasteiger charge is 2.47. The number of carbonyl (C=O) groups excluding carboxylic acids is 3. The van der Waals surface area contributed by atoms with Gasteiger partial charge in [-0.05, 0) is 120 Å². The maximum Gasteiger partial charge on any atom is 0.410 e. The van der Waals surface area contributed by atoms with Crippen molar-refractivity contribution in [1.82, 2.24) is 19.4 Å². The minimum absolute atomic E-state index is 0.0108. The number of nitrogens with one attached hydrogen (secondary N) is 1. The Morgan fingerprint density at radius 2 is 1.68 bits per heavy atom. The van der Waals surface area contributed by atoms with Crippen molar-refractivity contribution in [3.8, 4) is 22.8 Å². The summed E-state index contributed by atoms with van der Waals surface area (Å²) in [4.78, 5) is 61.8. The molecule has 3 aromatic rings. The number of nitrogens with zero attached hydrogens (tertiary/aromatic N) is 4. The molecule has 6 rings (SSSR count). The molecule has 1 N–H and O–H groups in total. The summed E-state index contributed by atoms with van der Waals surface area (Å²) in [5.41, 5.74) is -0.763. The first kappa shape index (κ1) is 40.5. The third-order valence-corrected chi connectivity index (χ3v) is 9.88. The summed E-state index contributed by atoms with van der Waals surface area (Å²) in [5.74, 6) is -4.88. The van der Waals surface area contributed by atoms with Crippen LogP contribution in [0.5, 0.6) is 11.6 Å². The lowest BCUT2D eigenvalue weighted by Crippen LogP contribution is -2.58. The Morgan fingerprint density at radius 1 is 0.982 bits per heavy atom. The SMILES string of the molecule is CC(C)Oc1cc(-c2ccc(OC(F)F)cc2C(=O)N2CC(F)(F)C2)cc(NC(=O)c2cc(CN(C(=O)OC(C)(C)C)[C@@H](C)C3CCC3)cn(C3CC3)c2=O)n1. The standard InChI is InChI=1S/C40H47F4N5O7/c1-22(2)54-33-16-26(29-13-12-28(55-37(41)42)17-30(29)35(51)47-20-40(43,44)21-47)15-32(45-33)46-34(50)31-14-24(19-49(36(31)52)27-10-11-27)18-48(23(3)25-8-7-9-25)38(53)56-39(4,5)6/h12-17,19,22-23,25,27,37H,7-11,18,20-21H2,1-6H3,(H,45,46,50)/t23-/m0/s1. The second kappa shape index (κ2) is 15.8. The number of hydrogen-bond donors (Lipinski definition) is 1. The molecule has 1 atom stereocenters. The molecule has 56 heavy (non-hydrogen) atoms. The fourth-order valence-electron chi connectivity index (χ4n) is 6.77. The van der Waals surface area contributed by atoms with Crippen LogP contribution in [-0.4, -0.2) is 80.6 Å². The Kier molecular flexibility index (Phi) is 11.4. The van der Waals surface area contributed by atoms with Crippen LogP contribution in [0, 0.1) is 5.92 Å². The molecule has 2 aliphatic carbocycles. The van der Waals surface area contributed by atoms with Gasteiger partial charge in [0.2, 0.25) is 5.88 Å². The Labute approximate surface area is 322 Å². The lowest BCUT2D eigenvalue weighted by molar-refractivity contribution is -0.113. The first-order chi connectivity index (χ1) is 26.3. The van der Waals surface area contributed by atoms with Gasteiger partial charge in [0, 0.05) is 24.3 Å². The topological polar surface area (TPSA) is 132 Å². The van der Waals surface area contributed by atoms with Crippen molar-refractivity contribution in [2.75, 3.05) is 18.4 Å². The summed E-state index contributed by atoms with van der Waals surface area (Å²) in [7, 11) is 0. The van der Waals surface area contributed by atoms with Gasteiger partial charge in [-0.1, -0.05) is 6.42 Å². The first-order valence-corrected chi connectivity index (χ1v) is 18.8. The highest BCUT2D eigenvalue weighted by atomic mass is 19.3. The molecule has 0 unspecified atom stereocenters. The Bertz CT molecular complexity index is 2030. The molecule has 1 saturated heterocycles. The molecule has 2 saturated carbocycles. The maximum absolute atomic E-state index is 14.1. The minimum atomic E-state index is -3.21. The third kappa shape index (κ3) is 9.62. The predicted octanol–water partition coefficient (Wildman–Crippen LogP) is 7.90. The third-order valence-electron chi connectivity index (χ3n) is 9.88. The fourth-order valence-corrected chi connectivity index (χ4v) is 6.77.